The average Bonchev–Trinajstić information content (AvgIpc) is 2.47. The normalized spacial score (nSPS) is 21.7. The van der Waals surface area contributed by atoms with Crippen LogP contribution in [0.3, 0.4) is 0 Å². The summed E-state index contributed by atoms with van der Waals surface area (Å²) in [5, 5.41) is 8.99. The number of hydrogen-bond acceptors (Lipinski definition) is 4. The molecule has 114 valence electrons. The van der Waals surface area contributed by atoms with Gasteiger partial charge in [-0.25, -0.2) is 8.42 Å². The second-order valence-electron chi connectivity index (χ2n) is 5.63. The molecule has 5 nitrogen and oxygen atoms in total. The fourth-order valence-corrected chi connectivity index (χ4v) is 4.86. The van der Waals surface area contributed by atoms with Crippen molar-refractivity contribution < 1.29 is 8.42 Å². The summed E-state index contributed by atoms with van der Waals surface area (Å²) in [4.78, 5) is 0.217. The van der Waals surface area contributed by atoms with E-state index in [4.69, 9.17) is 11.0 Å². The Morgan fingerprint density at radius 3 is 2.76 bits per heavy atom. The first-order valence-electron chi connectivity index (χ1n) is 7.16. The first kappa shape index (κ1) is 16.0. The summed E-state index contributed by atoms with van der Waals surface area (Å²) in [6, 6.07) is 6.38. The van der Waals surface area contributed by atoms with Gasteiger partial charge < -0.3 is 5.73 Å². The molecular formula is C15H21N3O2S. The number of hydrogen-bond donors (Lipinski definition) is 1. The second-order valence-corrected chi connectivity index (χ2v) is 7.49. The molecule has 0 saturated carbocycles. The van der Waals surface area contributed by atoms with E-state index in [1.54, 1.807) is 19.1 Å². The molecule has 0 radical (unpaired) electrons. The lowest BCUT2D eigenvalue weighted by atomic mass is 10.00. The Morgan fingerprint density at radius 2 is 2.14 bits per heavy atom. The lowest BCUT2D eigenvalue weighted by Crippen LogP contribution is -2.51. The van der Waals surface area contributed by atoms with E-state index in [1.807, 2.05) is 13.0 Å². The lowest BCUT2D eigenvalue weighted by molar-refractivity contribution is 0.227. The molecule has 0 unspecified atom stereocenters. The Balaban J connectivity index is 2.48. The van der Waals surface area contributed by atoms with Crippen LogP contribution in [0.5, 0.6) is 0 Å². The van der Waals surface area contributed by atoms with E-state index < -0.39 is 10.0 Å². The first-order valence-corrected chi connectivity index (χ1v) is 8.60. The lowest BCUT2D eigenvalue weighted by Gasteiger charge is -2.37. The minimum absolute atomic E-state index is 0.172. The standard InChI is InChI=1S/C15H21N3O2S/c1-11-6-7-13(10-16)9-15(11)21(19,20)18-8-4-3-5-14(18)12(2)17/h6-7,9,12,14H,3-5,8,17H2,1-2H3/t12-,14+/m0/s1. The molecular weight excluding hydrogens is 286 g/mol. The minimum Gasteiger partial charge on any atom is -0.326 e. The number of benzene rings is 1. The number of sulfonamides is 1. The number of piperidine rings is 1. The molecule has 0 aromatic heterocycles. The van der Waals surface area contributed by atoms with E-state index in [0.717, 1.165) is 19.3 Å². The molecule has 2 rings (SSSR count). The third kappa shape index (κ3) is 3.10. The van der Waals surface area contributed by atoms with E-state index in [-0.39, 0.29) is 17.0 Å². The number of rotatable bonds is 3. The summed E-state index contributed by atoms with van der Waals surface area (Å²) in [6.45, 7) is 4.08. The molecule has 1 aliphatic rings. The van der Waals surface area contributed by atoms with Crippen LogP contribution in [0.1, 0.15) is 37.3 Å². The van der Waals surface area contributed by atoms with Crippen LogP contribution in [-0.4, -0.2) is 31.4 Å². The van der Waals surface area contributed by atoms with Gasteiger partial charge in [0, 0.05) is 18.6 Å². The molecule has 1 heterocycles. The van der Waals surface area contributed by atoms with Gasteiger partial charge in [0.05, 0.1) is 16.5 Å². The molecule has 21 heavy (non-hydrogen) atoms. The van der Waals surface area contributed by atoms with E-state index in [9.17, 15) is 8.42 Å². The maximum absolute atomic E-state index is 13.0. The van der Waals surface area contributed by atoms with Crippen LogP contribution in [0.15, 0.2) is 23.1 Å². The molecule has 0 aliphatic carbocycles. The zero-order valence-corrected chi connectivity index (χ0v) is 13.2. The third-order valence-corrected chi connectivity index (χ3v) is 6.08. The zero-order valence-electron chi connectivity index (χ0n) is 12.4. The Labute approximate surface area is 126 Å². The quantitative estimate of drug-likeness (QED) is 0.921. The smallest absolute Gasteiger partial charge is 0.243 e. The Kier molecular flexibility index (Phi) is 4.67. The van der Waals surface area contributed by atoms with Gasteiger partial charge in [0.25, 0.3) is 0 Å². The highest BCUT2D eigenvalue weighted by molar-refractivity contribution is 7.89. The average molecular weight is 307 g/mol. The van der Waals surface area contributed by atoms with Crippen LogP contribution in [0.25, 0.3) is 0 Å². The summed E-state index contributed by atoms with van der Waals surface area (Å²) < 4.78 is 27.4. The van der Waals surface area contributed by atoms with Crippen molar-refractivity contribution in [2.45, 2.75) is 50.1 Å². The molecule has 2 atom stereocenters. The monoisotopic (exact) mass is 307 g/mol. The van der Waals surface area contributed by atoms with Crippen molar-refractivity contribution in [2.75, 3.05) is 6.54 Å². The maximum Gasteiger partial charge on any atom is 0.243 e. The number of nitrogens with zero attached hydrogens (tertiary/aromatic N) is 2. The molecule has 0 spiro atoms. The van der Waals surface area contributed by atoms with E-state index in [2.05, 4.69) is 0 Å². The van der Waals surface area contributed by atoms with Gasteiger partial charge in [-0.1, -0.05) is 12.5 Å². The Morgan fingerprint density at radius 1 is 1.43 bits per heavy atom. The summed E-state index contributed by atoms with van der Waals surface area (Å²) >= 11 is 0. The summed E-state index contributed by atoms with van der Waals surface area (Å²) in [7, 11) is -3.62. The Bertz CT molecular complexity index is 662. The zero-order chi connectivity index (χ0) is 15.6. The highest BCUT2D eigenvalue weighted by Gasteiger charge is 2.36. The SMILES string of the molecule is Cc1ccc(C#N)cc1S(=O)(=O)N1CCCC[C@@H]1[C@H](C)N. The van der Waals surface area contributed by atoms with Crippen LogP contribution in [0.4, 0.5) is 0 Å². The van der Waals surface area contributed by atoms with Crippen LogP contribution in [0, 0.1) is 18.3 Å². The van der Waals surface area contributed by atoms with Crippen molar-refractivity contribution >= 4 is 10.0 Å². The number of nitriles is 1. The van der Waals surface area contributed by atoms with E-state index in [0.29, 0.717) is 17.7 Å². The predicted octanol–water partition coefficient (Wildman–Crippen LogP) is 1.76. The maximum atomic E-state index is 13.0. The minimum atomic E-state index is -3.62. The molecule has 1 saturated heterocycles. The summed E-state index contributed by atoms with van der Waals surface area (Å²) in [5.41, 5.74) is 6.98. The molecule has 1 aromatic rings. The van der Waals surface area contributed by atoms with Gasteiger partial charge in [0.1, 0.15) is 0 Å². The van der Waals surface area contributed by atoms with E-state index >= 15 is 0 Å². The molecule has 1 fully saturated rings. The highest BCUT2D eigenvalue weighted by Crippen LogP contribution is 2.28. The fourth-order valence-electron chi connectivity index (χ4n) is 2.83. The molecule has 6 heteroatoms. The van der Waals surface area contributed by atoms with Crippen molar-refractivity contribution in [3.8, 4) is 6.07 Å². The molecule has 2 N–H and O–H groups in total. The van der Waals surface area contributed by atoms with Crippen LogP contribution >= 0.6 is 0 Å². The van der Waals surface area contributed by atoms with Crippen LogP contribution in [-0.2, 0) is 10.0 Å². The molecule has 1 aromatic carbocycles. The van der Waals surface area contributed by atoms with Gasteiger partial charge in [-0.2, -0.15) is 9.57 Å². The van der Waals surface area contributed by atoms with Gasteiger partial charge in [-0.05, 0) is 44.4 Å². The second kappa shape index (κ2) is 6.14. The van der Waals surface area contributed by atoms with Crippen molar-refractivity contribution in [1.82, 2.24) is 4.31 Å². The van der Waals surface area contributed by atoms with Gasteiger partial charge in [0.2, 0.25) is 10.0 Å². The molecule has 0 bridgehead atoms. The largest absolute Gasteiger partial charge is 0.326 e. The van der Waals surface area contributed by atoms with E-state index in [1.165, 1.54) is 10.4 Å². The van der Waals surface area contributed by atoms with Crippen molar-refractivity contribution in [2.24, 2.45) is 5.73 Å². The Hall–Kier alpha value is -1.42. The fraction of sp³-hybridized carbons (Fsp3) is 0.533. The number of nitrogens with two attached hydrogens (primary N) is 1. The van der Waals surface area contributed by atoms with Crippen molar-refractivity contribution in [3.05, 3.63) is 29.3 Å². The summed E-state index contributed by atoms with van der Waals surface area (Å²) in [6.07, 6.45) is 2.63. The molecule has 0 amide bonds. The van der Waals surface area contributed by atoms with Crippen LogP contribution < -0.4 is 5.73 Å². The van der Waals surface area contributed by atoms with Gasteiger partial charge in [-0.15, -0.1) is 0 Å². The van der Waals surface area contributed by atoms with Gasteiger partial charge in [0.15, 0.2) is 0 Å². The van der Waals surface area contributed by atoms with Crippen molar-refractivity contribution in [1.29, 1.82) is 5.26 Å². The summed E-state index contributed by atoms with van der Waals surface area (Å²) in [5.74, 6) is 0. The first-order chi connectivity index (χ1) is 9.87. The van der Waals surface area contributed by atoms with Crippen LogP contribution in [0.2, 0.25) is 0 Å². The van der Waals surface area contributed by atoms with Crippen molar-refractivity contribution in [3.63, 3.8) is 0 Å². The van der Waals surface area contributed by atoms with Gasteiger partial charge in [-0.3, -0.25) is 0 Å². The highest BCUT2D eigenvalue weighted by atomic mass is 32.2. The number of aryl methyl sites for hydroxylation is 1. The predicted molar refractivity (Wildman–Crippen MR) is 81.1 cm³/mol. The van der Waals surface area contributed by atoms with Gasteiger partial charge >= 0.3 is 0 Å². The topological polar surface area (TPSA) is 87.2 Å². The third-order valence-electron chi connectivity index (χ3n) is 4.01. The molecule has 1 aliphatic heterocycles.